The van der Waals surface area contributed by atoms with Crippen molar-refractivity contribution in [1.29, 1.82) is 0 Å². The minimum atomic E-state index is 0.387. The van der Waals surface area contributed by atoms with Crippen molar-refractivity contribution in [3.63, 3.8) is 0 Å². The summed E-state index contributed by atoms with van der Waals surface area (Å²) in [5, 5.41) is 3.66. The van der Waals surface area contributed by atoms with Crippen LogP contribution in [0.1, 0.15) is 44.7 Å². The maximum Gasteiger partial charge on any atom is 0.133 e. The summed E-state index contributed by atoms with van der Waals surface area (Å²) >= 11 is 3.55. The summed E-state index contributed by atoms with van der Waals surface area (Å²) in [5.74, 6) is 2.66. The monoisotopic (exact) mass is 325 g/mol. The minimum absolute atomic E-state index is 0.387. The van der Waals surface area contributed by atoms with Gasteiger partial charge in [0.25, 0.3) is 0 Å². The summed E-state index contributed by atoms with van der Waals surface area (Å²) in [4.78, 5) is 0. The Morgan fingerprint density at radius 3 is 2.79 bits per heavy atom. The predicted octanol–water partition coefficient (Wildman–Crippen LogP) is 4.54. The highest BCUT2D eigenvalue weighted by Gasteiger charge is 2.21. The fourth-order valence-corrected chi connectivity index (χ4v) is 3.48. The lowest BCUT2D eigenvalue weighted by Crippen LogP contribution is -2.24. The van der Waals surface area contributed by atoms with Crippen molar-refractivity contribution in [1.82, 2.24) is 5.32 Å². The van der Waals surface area contributed by atoms with Gasteiger partial charge >= 0.3 is 0 Å². The number of hydrogen-bond acceptors (Lipinski definition) is 2. The van der Waals surface area contributed by atoms with Crippen LogP contribution in [0.5, 0.6) is 5.75 Å². The first-order valence-corrected chi connectivity index (χ1v) is 7.96. The van der Waals surface area contributed by atoms with E-state index in [4.69, 9.17) is 4.74 Å². The van der Waals surface area contributed by atoms with Crippen LogP contribution in [0.3, 0.4) is 0 Å². The molecule has 19 heavy (non-hydrogen) atoms. The molecule has 3 heteroatoms. The van der Waals surface area contributed by atoms with Gasteiger partial charge in [-0.1, -0.05) is 19.4 Å². The SMILES string of the molecule is COc1ccc(C(C)NCC2CCC(C)C2)cc1Br. The Morgan fingerprint density at radius 1 is 1.42 bits per heavy atom. The summed E-state index contributed by atoms with van der Waals surface area (Å²) in [6, 6.07) is 6.69. The van der Waals surface area contributed by atoms with Gasteiger partial charge in [0.05, 0.1) is 11.6 Å². The molecular weight excluding hydrogens is 302 g/mol. The predicted molar refractivity (Wildman–Crippen MR) is 83.6 cm³/mol. The van der Waals surface area contributed by atoms with Crippen LogP contribution in [-0.4, -0.2) is 13.7 Å². The first-order chi connectivity index (χ1) is 9.10. The van der Waals surface area contributed by atoms with Gasteiger partial charge in [0.15, 0.2) is 0 Å². The highest BCUT2D eigenvalue weighted by molar-refractivity contribution is 9.10. The van der Waals surface area contributed by atoms with E-state index >= 15 is 0 Å². The zero-order valence-corrected chi connectivity index (χ0v) is 13.7. The molecule has 3 unspecified atom stereocenters. The van der Waals surface area contributed by atoms with Crippen molar-refractivity contribution in [2.45, 2.75) is 39.2 Å². The van der Waals surface area contributed by atoms with Crippen LogP contribution >= 0.6 is 15.9 Å². The van der Waals surface area contributed by atoms with E-state index < -0.39 is 0 Å². The quantitative estimate of drug-likeness (QED) is 0.857. The molecule has 1 aromatic rings. The molecular formula is C16H24BrNO. The van der Waals surface area contributed by atoms with Crippen LogP contribution in [-0.2, 0) is 0 Å². The van der Waals surface area contributed by atoms with E-state index in [2.05, 4.69) is 47.2 Å². The van der Waals surface area contributed by atoms with Crippen molar-refractivity contribution < 1.29 is 4.74 Å². The maximum absolute atomic E-state index is 5.27. The van der Waals surface area contributed by atoms with Crippen LogP contribution in [0, 0.1) is 11.8 Å². The molecule has 0 heterocycles. The molecule has 0 aliphatic heterocycles. The Labute approximate surface area is 125 Å². The van der Waals surface area contributed by atoms with Crippen LogP contribution in [0.4, 0.5) is 0 Å². The van der Waals surface area contributed by atoms with E-state index in [-0.39, 0.29) is 0 Å². The summed E-state index contributed by atoms with van der Waals surface area (Å²) in [6.45, 7) is 5.73. The molecule has 3 atom stereocenters. The van der Waals surface area contributed by atoms with Gasteiger partial charge in [0, 0.05) is 6.04 Å². The largest absolute Gasteiger partial charge is 0.496 e. The van der Waals surface area contributed by atoms with Crippen molar-refractivity contribution in [3.8, 4) is 5.75 Å². The number of methoxy groups -OCH3 is 1. The van der Waals surface area contributed by atoms with Crippen molar-refractivity contribution >= 4 is 15.9 Å². The molecule has 0 bridgehead atoms. The Hall–Kier alpha value is -0.540. The first-order valence-electron chi connectivity index (χ1n) is 7.17. The molecule has 0 aromatic heterocycles. The number of benzene rings is 1. The normalized spacial score (nSPS) is 24.4. The lowest BCUT2D eigenvalue weighted by Gasteiger charge is -2.18. The Bertz CT molecular complexity index is 421. The molecule has 0 amide bonds. The highest BCUT2D eigenvalue weighted by Crippen LogP contribution is 2.31. The number of ether oxygens (including phenoxy) is 1. The third-order valence-corrected chi connectivity index (χ3v) is 4.81. The third-order valence-electron chi connectivity index (χ3n) is 4.19. The van der Waals surface area contributed by atoms with E-state index in [1.165, 1.54) is 24.8 Å². The van der Waals surface area contributed by atoms with Gasteiger partial charge in [-0.25, -0.2) is 0 Å². The van der Waals surface area contributed by atoms with E-state index in [1.54, 1.807) is 7.11 Å². The molecule has 1 aliphatic rings. The molecule has 0 spiro atoms. The van der Waals surface area contributed by atoms with Crippen LogP contribution in [0.25, 0.3) is 0 Å². The number of hydrogen-bond donors (Lipinski definition) is 1. The van der Waals surface area contributed by atoms with Gasteiger partial charge in [-0.2, -0.15) is 0 Å². The van der Waals surface area contributed by atoms with E-state index in [0.717, 1.165) is 28.6 Å². The summed E-state index contributed by atoms with van der Waals surface area (Å²) < 4.78 is 6.29. The summed E-state index contributed by atoms with van der Waals surface area (Å²) in [7, 11) is 1.70. The minimum Gasteiger partial charge on any atom is -0.496 e. The van der Waals surface area contributed by atoms with Crippen LogP contribution in [0.2, 0.25) is 0 Å². The second-order valence-corrected chi connectivity index (χ2v) is 6.66. The van der Waals surface area contributed by atoms with E-state index in [9.17, 15) is 0 Å². The fraction of sp³-hybridized carbons (Fsp3) is 0.625. The Kier molecular flexibility index (Phi) is 5.28. The molecule has 1 fully saturated rings. The fourth-order valence-electron chi connectivity index (χ4n) is 2.92. The van der Waals surface area contributed by atoms with E-state index in [1.807, 2.05) is 6.07 Å². The molecule has 1 aliphatic carbocycles. The number of halogens is 1. The van der Waals surface area contributed by atoms with Gasteiger partial charge in [-0.15, -0.1) is 0 Å². The highest BCUT2D eigenvalue weighted by atomic mass is 79.9. The first kappa shape index (κ1) is 14.9. The van der Waals surface area contributed by atoms with Gasteiger partial charge in [-0.05, 0) is 71.8 Å². The topological polar surface area (TPSA) is 21.3 Å². The zero-order valence-electron chi connectivity index (χ0n) is 12.1. The maximum atomic E-state index is 5.27. The van der Waals surface area contributed by atoms with E-state index in [0.29, 0.717) is 6.04 Å². The molecule has 0 saturated heterocycles. The summed E-state index contributed by atoms with van der Waals surface area (Å²) in [6.07, 6.45) is 4.16. The van der Waals surface area contributed by atoms with Crippen molar-refractivity contribution in [2.75, 3.05) is 13.7 Å². The van der Waals surface area contributed by atoms with Crippen LogP contribution < -0.4 is 10.1 Å². The molecule has 2 rings (SSSR count). The van der Waals surface area contributed by atoms with Gasteiger partial charge in [-0.3, -0.25) is 0 Å². The molecule has 106 valence electrons. The van der Waals surface area contributed by atoms with Crippen LogP contribution in [0.15, 0.2) is 22.7 Å². The average Bonchev–Trinajstić information content (AvgIpc) is 2.81. The van der Waals surface area contributed by atoms with Crippen molar-refractivity contribution in [3.05, 3.63) is 28.2 Å². The Balaban J connectivity index is 1.89. The molecule has 1 N–H and O–H groups in total. The second-order valence-electron chi connectivity index (χ2n) is 5.81. The third kappa shape index (κ3) is 3.96. The smallest absolute Gasteiger partial charge is 0.133 e. The number of nitrogens with one attached hydrogen (secondary N) is 1. The Morgan fingerprint density at radius 2 is 2.21 bits per heavy atom. The molecule has 1 saturated carbocycles. The van der Waals surface area contributed by atoms with Gasteiger partial charge in [0.1, 0.15) is 5.75 Å². The average molecular weight is 326 g/mol. The lowest BCUT2D eigenvalue weighted by molar-refractivity contribution is 0.411. The summed E-state index contributed by atoms with van der Waals surface area (Å²) in [5.41, 5.74) is 1.30. The van der Waals surface area contributed by atoms with Gasteiger partial charge in [0.2, 0.25) is 0 Å². The van der Waals surface area contributed by atoms with Gasteiger partial charge < -0.3 is 10.1 Å². The molecule has 0 radical (unpaired) electrons. The number of rotatable bonds is 5. The lowest BCUT2D eigenvalue weighted by atomic mass is 10.0. The molecule has 2 nitrogen and oxygen atoms in total. The second kappa shape index (κ2) is 6.76. The van der Waals surface area contributed by atoms with Crippen molar-refractivity contribution in [2.24, 2.45) is 11.8 Å². The molecule has 1 aromatic carbocycles. The standard InChI is InChI=1S/C16H24BrNO/c1-11-4-5-13(8-11)10-18-12(2)14-6-7-16(19-3)15(17)9-14/h6-7,9,11-13,18H,4-5,8,10H2,1-3H3. The zero-order chi connectivity index (χ0) is 13.8.